The Hall–Kier alpha value is -2.37. The molecule has 26 heavy (non-hydrogen) atoms. The molecule has 2 amide bonds. The summed E-state index contributed by atoms with van der Waals surface area (Å²) in [7, 11) is 0. The molecule has 1 aromatic rings. The van der Waals surface area contributed by atoms with Gasteiger partial charge >= 0.3 is 5.97 Å². The molecule has 0 fully saturated rings. The second-order valence-corrected chi connectivity index (χ2v) is 7.26. The minimum absolute atomic E-state index is 0.146. The lowest BCUT2D eigenvalue weighted by Crippen LogP contribution is -2.46. The largest absolute Gasteiger partial charge is 0.480 e. The highest BCUT2D eigenvalue weighted by atomic mass is 16.4. The molecule has 1 atom stereocenters. The van der Waals surface area contributed by atoms with Crippen LogP contribution in [0.2, 0.25) is 0 Å². The Labute approximate surface area is 155 Å². The molecule has 6 heteroatoms. The van der Waals surface area contributed by atoms with Crippen molar-refractivity contribution in [3.05, 3.63) is 35.4 Å². The second-order valence-electron chi connectivity index (χ2n) is 7.26. The molecule has 0 aliphatic heterocycles. The Bertz CT molecular complexity index is 609. The molecule has 0 radical (unpaired) electrons. The number of benzene rings is 1. The van der Waals surface area contributed by atoms with Crippen LogP contribution < -0.4 is 10.6 Å². The third-order valence-corrected chi connectivity index (χ3v) is 4.07. The van der Waals surface area contributed by atoms with Crippen molar-refractivity contribution in [2.24, 2.45) is 5.92 Å². The minimum atomic E-state index is -1.07. The van der Waals surface area contributed by atoms with E-state index in [0.29, 0.717) is 18.8 Å². The number of amides is 2. The summed E-state index contributed by atoms with van der Waals surface area (Å²) in [6.07, 6.45) is 1.22. The first kappa shape index (κ1) is 21.7. The molecule has 1 aromatic carbocycles. The summed E-state index contributed by atoms with van der Waals surface area (Å²) in [5, 5.41) is 14.1. The van der Waals surface area contributed by atoms with Crippen molar-refractivity contribution < 1.29 is 19.5 Å². The first-order chi connectivity index (χ1) is 12.2. The average Bonchev–Trinajstić information content (AvgIpc) is 2.57. The van der Waals surface area contributed by atoms with E-state index >= 15 is 0 Å². The van der Waals surface area contributed by atoms with Gasteiger partial charge in [-0.2, -0.15) is 0 Å². The van der Waals surface area contributed by atoms with E-state index in [1.54, 1.807) is 0 Å². The van der Waals surface area contributed by atoms with Crippen LogP contribution in [0.5, 0.6) is 0 Å². The van der Waals surface area contributed by atoms with Crippen LogP contribution in [0.15, 0.2) is 24.3 Å². The molecular weight excluding hydrogens is 332 g/mol. The van der Waals surface area contributed by atoms with Gasteiger partial charge < -0.3 is 15.7 Å². The van der Waals surface area contributed by atoms with Gasteiger partial charge in [-0.25, -0.2) is 4.79 Å². The number of carboxylic acid groups (broad SMARTS) is 1. The Balaban J connectivity index is 2.36. The zero-order chi connectivity index (χ0) is 19.7. The topological polar surface area (TPSA) is 95.5 Å². The van der Waals surface area contributed by atoms with E-state index in [0.717, 1.165) is 5.56 Å². The highest BCUT2D eigenvalue weighted by Gasteiger charge is 2.21. The maximum Gasteiger partial charge on any atom is 0.326 e. The van der Waals surface area contributed by atoms with Crippen LogP contribution in [0.25, 0.3) is 0 Å². The van der Waals surface area contributed by atoms with Crippen molar-refractivity contribution in [1.82, 2.24) is 10.6 Å². The summed E-state index contributed by atoms with van der Waals surface area (Å²) in [6.45, 7) is 7.81. The number of rotatable bonds is 10. The normalized spacial score (nSPS) is 12.1. The minimum Gasteiger partial charge on any atom is -0.480 e. The lowest BCUT2D eigenvalue weighted by Gasteiger charge is -2.16. The molecule has 0 aliphatic carbocycles. The number of carbonyl (C=O) groups is 3. The maximum absolute atomic E-state index is 11.9. The number of aryl methyl sites for hydroxylation is 1. The van der Waals surface area contributed by atoms with E-state index in [9.17, 15) is 14.4 Å². The standard InChI is InChI=1S/C20H30N2O4/c1-13(2)11-17(20(25)26)22-19(24)12-21-18(23)10-7-15-5-8-16(9-6-15)14(3)4/h5-6,8-9,13-14,17H,7,10-12H2,1-4H3,(H,21,23)(H,22,24)(H,25,26)/t17-/m0/s1. The maximum atomic E-state index is 11.9. The zero-order valence-electron chi connectivity index (χ0n) is 16.0. The number of hydrogen-bond acceptors (Lipinski definition) is 3. The summed E-state index contributed by atoms with van der Waals surface area (Å²) in [5.41, 5.74) is 2.32. The molecule has 0 saturated carbocycles. The molecule has 0 saturated heterocycles. The molecule has 1 rings (SSSR count). The van der Waals surface area contributed by atoms with Crippen molar-refractivity contribution >= 4 is 17.8 Å². The molecule has 0 aromatic heterocycles. The van der Waals surface area contributed by atoms with Crippen molar-refractivity contribution in [3.63, 3.8) is 0 Å². The molecule has 0 spiro atoms. The van der Waals surface area contributed by atoms with Crippen LogP contribution in [-0.4, -0.2) is 35.5 Å². The monoisotopic (exact) mass is 362 g/mol. The highest BCUT2D eigenvalue weighted by molar-refractivity contribution is 5.87. The van der Waals surface area contributed by atoms with Gasteiger partial charge in [0.15, 0.2) is 0 Å². The Kier molecular flexibility index (Phi) is 8.82. The third kappa shape index (κ3) is 8.14. The van der Waals surface area contributed by atoms with E-state index in [1.807, 2.05) is 26.0 Å². The van der Waals surface area contributed by atoms with E-state index < -0.39 is 17.9 Å². The number of nitrogens with one attached hydrogen (secondary N) is 2. The SMILES string of the molecule is CC(C)C[C@H](NC(=O)CNC(=O)CCc1ccc(C(C)C)cc1)C(=O)O. The first-order valence-corrected chi connectivity index (χ1v) is 9.06. The van der Waals surface area contributed by atoms with Gasteiger partial charge in [-0.3, -0.25) is 9.59 Å². The molecule has 0 heterocycles. The van der Waals surface area contributed by atoms with Gasteiger partial charge in [0.25, 0.3) is 0 Å². The summed E-state index contributed by atoms with van der Waals surface area (Å²) < 4.78 is 0. The van der Waals surface area contributed by atoms with Crippen LogP contribution in [-0.2, 0) is 20.8 Å². The predicted octanol–water partition coefficient (Wildman–Crippen LogP) is 2.47. The van der Waals surface area contributed by atoms with Crippen molar-refractivity contribution in [1.29, 1.82) is 0 Å². The highest BCUT2D eigenvalue weighted by Crippen LogP contribution is 2.15. The van der Waals surface area contributed by atoms with Crippen LogP contribution in [0.3, 0.4) is 0 Å². The molecule has 0 aliphatic rings. The summed E-state index contributed by atoms with van der Waals surface area (Å²) in [5.74, 6) is -1.18. The molecule has 0 unspecified atom stereocenters. The fourth-order valence-electron chi connectivity index (χ4n) is 2.53. The lowest BCUT2D eigenvalue weighted by molar-refractivity contribution is -0.142. The van der Waals surface area contributed by atoms with Crippen LogP contribution in [0.4, 0.5) is 0 Å². The zero-order valence-corrected chi connectivity index (χ0v) is 16.0. The van der Waals surface area contributed by atoms with Gasteiger partial charge in [0.05, 0.1) is 6.54 Å². The third-order valence-electron chi connectivity index (χ3n) is 4.07. The second kappa shape index (κ2) is 10.6. The fraction of sp³-hybridized carbons (Fsp3) is 0.550. The van der Waals surface area contributed by atoms with E-state index in [2.05, 4.69) is 36.6 Å². The molecule has 6 nitrogen and oxygen atoms in total. The summed E-state index contributed by atoms with van der Waals surface area (Å²) in [4.78, 5) is 34.8. The number of hydrogen-bond donors (Lipinski definition) is 3. The number of carbonyl (C=O) groups excluding carboxylic acids is 2. The Morgan fingerprint density at radius 2 is 1.62 bits per heavy atom. The van der Waals surface area contributed by atoms with E-state index in [1.165, 1.54) is 5.56 Å². The Morgan fingerprint density at radius 1 is 1.00 bits per heavy atom. The van der Waals surface area contributed by atoms with Gasteiger partial charge in [0, 0.05) is 6.42 Å². The van der Waals surface area contributed by atoms with E-state index in [4.69, 9.17) is 5.11 Å². The Morgan fingerprint density at radius 3 is 2.12 bits per heavy atom. The predicted molar refractivity (Wildman–Crippen MR) is 101 cm³/mol. The van der Waals surface area contributed by atoms with Crippen LogP contribution in [0, 0.1) is 5.92 Å². The molecule has 144 valence electrons. The summed E-state index contributed by atoms with van der Waals surface area (Å²) in [6, 6.07) is 7.22. The summed E-state index contributed by atoms with van der Waals surface area (Å²) >= 11 is 0. The first-order valence-electron chi connectivity index (χ1n) is 9.06. The van der Waals surface area contributed by atoms with Crippen LogP contribution >= 0.6 is 0 Å². The lowest BCUT2D eigenvalue weighted by atomic mass is 10.0. The molecular formula is C20H30N2O4. The van der Waals surface area contributed by atoms with Gasteiger partial charge in [-0.05, 0) is 35.8 Å². The molecule has 3 N–H and O–H groups in total. The average molecular weight is 362 g/mol. The quantitative estimate of drug-likeness (QED) is 0.596. The van der Waals surface area contributed by atoms with Crippen molar-refractivity contribution in [3.8, 4) is 0 Å². The fourth-order valence-corrected chi connectivity index (χ4v) is 2.53. The number of aliphatic carboxylic acids is 1. The van der Waals surface area contributed by atoms with Gasteiger partial charge in [-0.15, -0.1) is 0 Å². The smallest absolute Gasteiger partial charge is 0.326 e. The molecule has 0 bridgehead atoms. The van der Waals surface area contributed by atoms with Gasteiger partial charge in [0.2, 0.25) is 11.8 Å². The van der Waals surface area contributed by atoms with Gasteiger partial charge in [-0.1, -0.05) is 52.0 Å². The van der Waals surface area contributed by atoms with Crippen molar-refractivity contribution in [2.75, 3.05) is 6.54 Å². The van der Waals surface area contributed by atoms with Crippen LogP contribution in [0.1, 0.15) is 57.6 Å². The number of carboxylic acids is 1. The van der Waals surface area contributed by atoms with E-state index in [-0.39, 0.29) is 24.8 Å². The van der Waals surface area contributed by atoms with Crippen molar-refractivity contribution in [2.45, 2.75) is 58.9 Å². The van der Waals surface area contributed by atoms with Gasteiger partial charge in [0.1, 0.15) is 6.04 Å².